The molecule has 5 nitrogen and oxygen atoms in total. The largest absolute Gasteiger partial charge is 0.478 e. The van der Waals surface area contributed by atoms with E-state index >= 15 is 0 Å². The van der Waals surface area contributed by atoms with Crippen molar-refractivity contribution >= 4 is 11.9 Å². The standard InChI is InChI=1S/C11H12O5/c1-2-9(13)16-11-5-6(4-8(11)12)3-7(11)10(14)15/h2-3,6,8,12H,1,4-5H2,(H,14,15). The van der Waals surface area contributed by atoms with E-state index in [-0.39, 0.29) is 11.5 Å². The summed E-state index contributed by atoms with van der Waals surface area (Å²) < 4.78 is 5.07. The molecule has 0 aliphatic heterocycles. The number of aliphatic hydroxyl groups excluding tert-OH is 1. The first kappa shape index (κ1) is 10.9. The van der Waals surface area contributed by atoms with Crippen LogP contribution in [-0.2, 0) is 14.3 Å². The Labute approximate surface area is 92.0 Å². The quantitative estimate of drug-likeness (QED) is 0.530. The number of hydrogen-bond donors (Lipinski definition) is 2. The Morgan fingerprint density at radius 2 is 2.31 bits per heavy atom. The first-order valence-corrected chi connectivity index (χ1v) is 4.98. The van der Waals surface area contributed by atoms with Crippen LogP contribution in [0.25, 0.3) is 0 Å². The fraction of sp³-hybridized carbons (Fsp3) is 0.455. The number of carbonyl (C=O) groups is 2. The third-order valence-electron chi connectivity index (χ3n) is 3.17. The lowest BCUT2D eigenvalue weighted by atomic mass is 9.90. The topological polar surface area (TPSA) is 83.8 Å². The second-order valence-corrected chi connectivity index (χ2v) is 4.12. The summed E-state index contributed by atoms with van der Waals surface area (Å²) in [6, 6.07) is 0. The van der Waals surface area contributed by atoms with Crippen LogP contribution in [0, 0.1) is 5.92 Å². The van der Waals surface area contributed by atoms with Gasteiger partial charge in [0.1, 0.15) is 0 Å². The molecular weight excluding hydrogens is 212 g/mol. The number of hydrogen-bond acceptors (Lipinski definition) is 4. The van der Waals surface area contributed by atoms with E-state index in [0.29, 0.717) is 12.8 Å². The Balaban J connectivity index is 2.35. The second kappa shape index (κ2) is 3.45. The van der Waals surface area contributed by atoms with Crippen molar-refractivity contribution in [1.82, 2.24) is 0 Å². The number of allylic oxidation sites excluding steroid dienone is 1. The van der Waals surface area contributed by atoms with E-state index in [9.17, 15) is 14.7 Å². The van der Waals surface area contributed by atoms with Crippen LogP contribution in [0.1, 0.15) is 12.8 Å². The molecule has 2 rings (SSSR count). The zero-order valence-corrected chi connectivity index (χ0v) is 8.55. The summed E-state index contributed by atoms with van der Waals surface area (Å²) in [6.45, 7) is 3.25. The van der Waals surface area contributed by atoms with Crippen LogP contribution >= 0.6 is 0 Å². The van der Waals surface area contributed by atoms with E-state index in [1.807, 2.05) is 0 Å². The molecule has 16 heavy (non-hydrogen) atoms. The number of aliphatic hydroxyl groups is 1. The molecule has 2 N–H and O–H groups in total. The van der Waals surface area contributed by atoms with Gasteiger partial charge in [-0.3, -0.25) is 0 Å². The number of carboxylic acids is 1. The molecule has 0 radical (unpaired) electrons. The Bertz CT molecular complexity index is 397. The highest BCUT2D eigenvalue weighted by atomic mass is 16.6. The summed E-state index contributed by atoms with van der Waals surface area (Å²) in [4.78, 5) is 22.2. The van der Waals surface area contributed by atoms with Crippen molar-refractivity contribution in [1.29, 1.82) is 0 Å². The molecule has 0 saturated heterocycles. The summed E-state index contributed by atoms with van der Waals surface area (Å²) in [6.07, 6.45) is 2.35. The molecule has 0 heterocycles. The van der Waals surface area contributed by atoms with E-state index in [2.05, 4.69) is 6.58 Å². The molecule has 0 aromatic rings. The van der Waals surface area contributed by atoms with Crippen LogP contribution in [-0.4, -0.2) is 33.9 Å². The number of carboxylic acid groups (broad SMARTS) is 1. The molecule has 1 fully saturated rings. The van der Waals surface area contributed by atoms with E-state index in [1.165, 1.54) is 0 Å². The molecule has 1 saturated carbocycles. The summed E-state index contributed by atoms with van der Waals surface area (Å²) in [7, 11) is 0. The summed E-state index contributed by atoms with van der Waals surface area (Å²) >= 11 is 0. The lowest BCUT2D eigenvalue weighted by Crippen LogP contribution is -2.45. The zero-order chi connectivity index (χ0) is 11.9. The van der Waals surface area contributed by atoms with Crippen molar-refractivity contribution in [2.24, 2.45) is 5.92 Å². The Morgan fingerprint density at radius 1 is 1.62 bits per heavy atom. The molecule has 2 aliphatic carbocycles. The lowest BCUT2D eigenvalue weighted by Gasteiger charge is -2.31. The minimum Gasteiger partial charge on any atom is -0.478 e. The molecule has 3 atom stereocenters. The van der Waals surface area contributed by atoms with Gasteiger partial charge in [-0.15, -0.1) is 0 Å². The highest BCUT2D eigenvalue weighted by Gasteiger charge is 2.58. The molecule has 3 unspecified atom stereocenters. The smallest absolute Gasteiger partial charge is 0.335 e. The van der Waals surface area contributed by atoms with E-state index in [4.69, 9.17) is 9.84 Å². The maximum absolute atomic E-state index is 11.2. The van der Waals surface area contributed by atoms with Gasteiger partial charge in [-0.25, -0.2) is 9.59 Å². The van der Waals surface area contributed by atoms with Crippen LogP contribution in [0.3, 0.4) is 0 Å². The molecule has 5 heteroatoms. The van der Waals surface area contributed by atoms with Gasteiger partial charge < -0.3 is 14.9 Å². The van der Waals surface area contributed by atoms with Crippen molar-refractivity contribution in [2.75, 3.05) is 0 Å². The molecule has 2 aliphatic rings. The van der Waals surface area contributed by atoms with Gasteiger partial charge in [0, 0.05) is 12.5 Å². The first-order chi connectivity index (χ1) is 7.49. The van der Waals surface area contributed by atoms with Crippen LogP contribution in [0.5, 0.6) is 0 Å². The maximum atomic E-state index is 11.2. The highest BCUT2D eigenvalue weighted by molar-refractivity contribution is 5.92. The van der Waals surface area contributed by atoms with Crippen LogP contribution in [0.4, 0.5) is 0 Å². The molecule has 0 amide bonds. The van der Waals surface area contributed by atoms with E-state index in [1.54, 1.807) is 6.08 Å². The van der Waals surface area contributed by atoms with Gasteiger partial charge in [0.25, 0.3) is 0 Å². The average molecular weight is 224 g/mol. The van der Waals surface area contributed by atoms with Crippen LogP contribution < -0.4 is 0 Å². The number of ether oxygens (including phenoxy) is 1. The van der Waals surface area contributed by atoms with Gasteiger partial charge in [-0.1, -0.05) is 12.7 Å². The second-order valence-electron chi connectivity index (χ2n) is 4.12. The van der Waals surface area contributed by atoms with Gasteiger partial charge >= 0.3 is 11.9 Å². The predicted octanol–water partition coefficient (Wildman–Crippen LogP) is 0.250. The van der Waals surface area contributed by atoms with E-state index in [0.717, 1.165) is 6.08 Å². The fourth-order valence-corrected chi connectivity index (χ4v) is 2.52. The van der Waals surface area contributed by atoms with Gasteiger partial charge in [0.2, 0.25) is 0 Å². The minimum atomic E-state index is -1.37. The summed E-state index contributed by atoms with van der Waals surface area (Å²) in [5.74, 6) is -1.90. The normalized spacial score (nSPS) is 35.7. The number of rotatable bonds is 3. The molecule has 2 bridgehead atoms. The van der Waals surface area contributed by atoms with Crippen molar-refractivity contribution in [3.63, 3.8) is 0 Å². The lowest BCUT2D eigenvalue weighted by molar-refractivity contribution is -0.160. The minimum absolute atomic E-state index is 0.0218. The van der Waals surface area contributed by atoms with Crippen LogP contribution in [0.15, 0.2) is 24.3 Å². The summed E-state index contributed by atoms with van der Waals surface area (Å²) in [5, 5.41) is 18.8. The van der Waals surface area contributed by atoms with Gasteiger partial charge in [0.15, 0.2) is 5.60 Å². The first-order valence-electron chi connectivity index (χ1n) is 4.98. The molecule has 0 aromatic carbocycles. The number of aliphatic carboxylic acids is 1. The highest BCUT2D eigenvalue weighted by Crippen LogP contribution is 2.49. The summed E-state index contributed by atoms with van der Waals surface area (Å²) in [5.41, 5.74) is -1.40. The zero-order valence-electron chi connectivity index (χ0n) is 8.55. The van der Waals surface area contributed by atoms with Crippen molar-refractivity contribution in [3.8, 4) is 0 Å². The van der Waals surface area contributed by atoms with Crippen LogP contribution in [0.2, 0.25) is 0 Å². The Hall–Kier alpha value is -1.62. The predicted molar refractivity (Wildman–Crippen MR) is 53.5 cm³/mol. The van der Waals surface area contributed by atoms with Gasteiger partial charge in [-0.2, -0.15) is 0 Å². The molecular formula is C11H12O5. The molecule has 86 valence electrons. The fourth-order valence-electron chi connectivity index (χ4n) is 2.52. The van der Waals surface area contributed by atoms with Gasteiger partial charge in [-0.05, 0) is 12.3 Å². The van der Waals surface area contributed by atoms with Crippen molar-refractivity contribution < 1.29 is 24.5 Å². The third-order valence-corrected chi connectivity index (χ3v) is 3.17. The Morgan fingerprint density at radius 3 is 2.81 bits per heavy atom. The van der Waals surface area contributed by atoms with Gasteiger partial charge in [0.05, 0.1) is 11.7 Å². The number of fused-ring (bicyclic) bond motifs is 2. The molecule has 0 spiro atoms. The number of carbonyl (C=O) groups excluding carboxylic acids is 1. The molecule has 0 aromatic heterocycles. The maximum Gasteiger partial charge on any atom is 0.335 e. The monoisotopic (exact) mass is 224 g/mol. The third kappa shape index (κ3) is 1.36. The van der Waals surface area contributed by atoms with Crippen molar-refractivity contribution in [3.05, 3.63) is 24.3 Å². The SMILES string of the molecule is C=CC(=O)OC12CC(C=C1C(=O)O)CC2O. The van der Waals surface area contributed by atoms with Crippen molar-refractivity contribution in [2.45, 2.75) is 24.5 Å². The number of esters is 1. The Kier molecular flexibility index (Phi) is 2.35. The average Bonchev–Trinajstić information content (AvgIpc) is 2.71. The van der Waals surface area contributed by atoms with E-state index < -0.39 is 23.6 Å².